The topological polar surface area (TPSA) is 76.6 Å². The molecule has 0 bridgehead atoms. The summed E-state index contributed by atoms with van der Waals surface area (Å²) in [5, 5.41) is 13.1. The minimum absolute atomic E-state index is 0.0171. The van der Waals surface area contributed by atoms with Gasteiger partial charge in [0, 0.05) is 18.6 Å². The quantitative estimate of drug-likeness (QED) is 0.547. The number of pyridine rings is 1. The van der Waals surface area contributed by atoms with Crippen molar-refractivity contribution >= 4 is 27.9 Å². The third-order valence-corrected chi connectivity index (χ3v) is 4.18. The van der Waals surface area contributed by atoms with E-state index in [1.807, 2.05) is 25.1 Å². The van der Waals surface area contributed by atoms with E-state index in [2.05, 4.69) is 9.97 Å². The van der Waals surface area contributed by atoms with Crippen LogP contribution in [0, 0.1) is 10.1 Å². The van der Waals surface area contributed by atoms with Crippen LogP contribution in [-0.4, -0.2) is 26.3 Å². The average molecular weight is 303 g/mol. The van der Waals surface area contributed by atoms with Crippen molar-refractivity contribution < 1.29 is 4.92 Å². The lowest BCUT2D eigenvalue weighted by Crippen LogP contribution is -2.23. The summed E-state index contributed by atoms with van der Waals surface area (Å²) >= 11 is 1.37. The third kappa shape index (κ3) is 2.23. The fourth-order valence-corrected chi connectivity index (χ4v) is 2.88. The van der Waals surface area contributed by atoms with Crippen LogP contribution < -0.4 is 4.90 Å². The number of imidazole rings is 1. The zero-order valence-electron chi connectivity index (χ0n) is 11.5. The van der Waals surface area contributed by atoms with Crippen LogP contribution in [0.3, 0.4) is 0 Å². The van der Waals surface area contributed by atoms with Gasteiger partial charge in [0.1, 0.15) is 6.20 Å². The number of hydrogen-bond acceptors (Lipinski definition) is 6. The van der Waals surface area contributed by atoms with Crippen LogP contribution in [0.2, 0.25) is 0 Å². The maximum absolute atomic E-state index is 11.4. The summed E-state index contributed by atoms with van der Waals surface area (Å²) in [4.78, 5) is 22.0. The number of nitrogens with zero attached hydrogens (tertiary/aromatic N) is 5. The fraction of sp³-hybridized carbons (Fsp3) is 0.231. The van der Waals surface area contributed by atoms with Crippen molar-refractivity contribution in [1.29, 1.82) is 0 Å². The molecule has 0 saturated carbocycles. The molecule has 0 saturated heterocycles. The van der Waals surface area contributed by atoms with Gasteiger partial charge in [-0.2, -0.15) is 9.38 Å². The molecular formula is C13H13N5O2S. The first-order chi connectivity index (χ1) is 10.1. The molecule has 0 aromatic carbocycles. The van der Waals surface area contributed by atoms with E-state index in [4.69, 9.17) is 0 Å². The van der Waals surface area contributed by atoms with Gasteiger partial charge in [0.05, 0.1) is 11.7 Å². The van der Waals surface area contributed by atoms with Gasteiger partial charge < -0.3 is 15.0 Å². The molecule has 1 unspecified atom stereocenters. The fourth-order valence-electron chi connectivity index (χ4n) is 2.17. The van der Waals surface area contributed by atoms with Crippen LogP contribution >= 0.6 is 11.3 Å². The van der Waals surface area contributed by atoms with E-state index >= 15 is 0 Å². The summed E-state index contributed by atoms with van der Waals surface area (Å²) in [6.45, 7) is 1.94. The molecule has 3 heterocycles. The Balaban J connectivity index is 2.05. The molecule has 7 nitrogen and oxygen atoms in total. The van der Waals surface area contributed by atoms with Crippen molar-refractivity contribution in [2.75, 3.05) is 11.9 Å². The summed E-state index contributed by atoms with van der Waals surface area (Å²) in [7, 11) is 1.79. The van der Waals surface area contributed by atoms with Crippen LogP contribution in [0.5, 0.6) is 0 Å². The first kappa shape index (κ1) is 13.5. The van der Waals surface area contributed by atoms with Crippen molar-refractivity contribution in [1.82, 2.24) is 14.4 Å². The maximum atomic E-state index is 11.4. The number of thiazole rings is 1. The predicted octanol–water partition coefficient (Wildman–Crippen LogP) is 2.90. The Hall–Kier alpha value is -2.48. The zero-order chi connectivity index (χ0) is 15.0. The number of anilines is 1. The summed E-state index contributed by atoms with van der Waals surface area (Å²) in [6, 6.07) is 5.51. The summed E-state index contributed by atoms with van der Waals surface area (Å²) in [6.07, 6.45) is 3.37. The molecule has 3 rings (SSSR count). The van der Waals surface area contributed by atoms with E-state index in [0.29, 0.717) is 10.8 Å². The molecule has 0 aliphatic carbocycles. The number of aromatic nitrogens is 3. The highest BCUT2D eigenvalue weighted by atomic mass is 32.1. The van der Waals surface area contributed by atoms with Gasteiger partial charge in [0.15, 0.2) is 0 Å². The molecule has 0 N–H and O–H groups in total. The van der Waals surface area contributed by atoms with Gasteiger partial charge in [-0.05, 0) is 24.0 Å². The first-order valence-electron chi connectivity index (χ1n) is 6.33. The lowest BCUT2D eigenvalue weighted by Gasteiger charge is -2.23. The second-order valence-corrected chi connectivity index (χ2v) is 5.49. The molecule has 3 aromatic rings. The van der Waals surface area contributed by atoms with Crippen molar-refractivity contribution in [3.63, 3.8) is 0 Å². The van der Waals surface area contributed by atoms with Crippen molar-refractivity contribution in [3.8, 4) is 0 Å². The first-order valence-corrected chi connectivity index (χ1v) is 7.21. The lowest BCUT2D eigenvalue weighted by molar-refractivity contribution is -0.389. The van der Waals surface area contributed by atoms with Crippen LogP contribution in [0.4, 0.5) is 11.6 Å². The Morgan fingerprint density at radius 2 is 2.29 bits per heavy atom. The third-order valence-electron chi connectivity index (χ3n) is 3.42. The Morgan fingerprint density at radius 3 is 2.95 bits per heavy atom. The molecule has 8 heteroatoms. The van der Waals surface area contributed by atoms with Crippen molar-refractivity contribution in [2.45, 2.75) is 13.0 Å². The van der Waals surface area contributed by atoms with Gasteiger partial charge in [-0.3, -0.25) is 4.98 Å². The van der Waals surface area contributed by atoms with Crippen LogP contribution in [0.15, 0.2) is 36.0 Å². The molecule has 0 fully saturated rings. The standard InChI is InChI=1S/C13H13N5O2S/c1-9(10-5-3-4-6-14-10)16(2)11-12(18(19)20)17-7-8-21-13(17)15-11/h3-9H,1-2H3. The molecule has 0 amide bonds. The van der Waals surface area contributed by atoms with Crippen molar-refractivity contribution in [2.24, 2.45) is 0 Å². The van der Waals surface area contributed by atoms with Gasteiger partial charge in [-0.1, -0.05) is 17.4 Å². The van der Waals surface area contributed by atoms with Gasteiger partial charge in [-0.15, -0.1) is 0 Å². The molecular weight excluding hydrogens is 290 g/mol. The molecule has 3 aromatic heterocycles. The number of hydrogen-bond donors (Lipinski definition) is 0. The van der Waals surface area contributed by atoms with Gasteiger partial charge in [0.2, 0.25) is 5.82 Å². The minimum atomic E-state index is -0.399. The average Bonchev–Trinajstić information content (AvgIpc) is 3.06. The van der Waals surface area contributed by atoms with E-state index < -0.39 is 4.92 Å². The second-order valence-electron chi connectivity index (χ2n) is 4.61. The molecule has 0 aliphatic heterocycles. The van der Waals surface area contributed by atoms with E-state index in [1.54, 1.807) is 29.7 Å². The Morgan fingerprint density at radius 1 is 1.48 bits per heavy atom. The summed E-state index contributed by atoms with van der Waals surface area (Å²) in [5.74, 6) is 0.335. The van der Waals surface area contributed by atoms with Crippen LogP contribution in [0.1, 0.15) is 18.7 Å². The summed E-state index contributed by atoms with van der Waals surface area (Å²) < 4.78 is 1.50. The van der Waals surface area contributed by atoms with Gasteiger partial charge in [0.25, 0.3) is 4.96 Å². The normalized spacial score (nSPS) is 12.5. The zero-order valence-corrected chi connectivity index (χ0v) is 12.3. The van der Waals surface area contributed by atoms with Gasteiger partial charge in [-0.25, -0.2) is 0 Å². The Labute approximate surface area is 124 Å². The number of rotatable bonds is 4. The molecule has 0 spiro atoms. The summed E-state index contributed by atoms with van der Waals surface area (Å²) in [5.41, 5.74) is 0.839. The molecule has 0 radical (unpaired) electrons. The molecule has 108 valence electrons. The van der Waals surface area contributed by atoms with Crippen LogP contribution in [-0.2, 0) is 0 Å². The van der Waals surface area contributed by atoms with E-state index in [-0.39, 0.29) is 11.9 Å². The second kappa shape index (κ2) is 5.13. The smallest absolute Gasteiger partial charge is 0.358 e. The number of nitro groups is 1. The van der Waals surface area contributed by atoms with E-state index in [1.165, 1.54) is 15.7 Å². The maximum Gasteiger partial charge on any atom is 0.373 e. The highest BCUT2D eigenvalue weighted by Gasteiger charge is 2.29. The Bertz CT molecular complexity index is 782. The molecule has 1 atom stereocenters. The minimum Gasteiger partial charge on any atom is -0.358 e. The lowest BCUT2D eigenvalue weighted by atomic mass is 10.2. The van der Waals surface area contributed by atoms with Gasteiger partial charge >= 0.3 is 5.82 Å². The highest BCUT2D eigenvalue weighted by molar-refractivity contribution is 7.15. The predicted molar refractivity (Wildman–Crippen MR) is 80.8 cm³/mol. The number of fused-ring (bicyclic) bond motifs is 1. The molecule has 21 heavy (non-hydrogen) atoms. The monoisotopic (exact) mass is 303 g/mol. The highest BCUT2D eigenvalue weighted by Crippen LogP contribution is 2.34. The van der Waals surface area contributed by atoms with Crippen molar-refractivity contribution in [3.05, 3.63) is 51.8 Å². The van der Waals surface area contributed by atoms with Crippen LogP contribution in [0.25, 0.3) is 4.96 Å². The SMILES string of the molecule is CC(c1ccccn1)N(C)c1nc2sccn2c1[N+](=O)[O-]. The van der Waals surface area contributed by atoms with E-state index in [9.17, 15) is 10.1 Å². The Kier molecular flexibility index (Phi) is 3.30. The van der Waals surface area contributed by atoms with E-state index in [0.717, 1.165) is 5.69 Å². The molecule has 0 aliphatic rings. The largest absolute Gasteiger partial charge is 0.373 e.